The van der Waals surface area contributed by atoms with E-state index in [0.717, 1.165) is 21.9 Å². The van der Waals surface area contributed by atoms with E-state index < -0.39 is 5.63 Å². The fraction of sp³-hybridized carbons (Fsp3) is 0.143. The molecule has 0 aliphatic heterocycles. The zero-order chi connectivity index (χ0) is 19.8. The molecule has 0 saturated heterocycles. The maximum atomic E-state index is 12.4. The molecule has 2 aromatic heterocycles. The highest BCUT2D eigenvalue weighted by atomic mass is 35.5. The number of carbonyl (C=O) groups is 1. The summed E-state index contributed by atoms with van der Waals surface area (Å²) >= 11 is 6.26. The Balaban J connectivity index is 1.53. The Kier molecular flexibility index (Phi) is 4.57. The average molecular weight is 397 g/mol. The van der Waals surface area contributed by atoms with Crippen molar-refractivity contribution in [1.82, 2.24) is 4.57 Å². The molecule has 0 atom stereocenters. The van der Waals surface area contributed by atoms with E-state index in [1.54, 1.807) is 13.0 Å². The summed E-state index contributed by atoms with van der Waals surface area (Å²) in [4.78, 5) is 23.9. The van der Waals surface area contributed by atoms with E-state index >= 15 is 0 Å². The SMILES string of the molecule is Cc1cc(=O)oc2cc(OCC(=O)Nc3cccc4c3ccn4C)c(Cl)cc12. The number of rotatable bonds is 4. The standard InChI is InChI=1S/C21H17ClN2O4/c1-12-8-21(26)28-18-10-19(15(22)9-14(12)18)27-11-20(25)23-16-4-3-5-17-13(16)6-7-24(17)2/h3-10H,11H2,1-2H3,(H,23,25). The van der Waals surface area contributed by atoms with Crippen molar-refractivity contribution in [1.29, 1.82) is 0 Å². The summed E-state index contributed by atoms with van der Waals surface area (Å²) in [6.07, 6.45) is 1.93. The van der Waals surface area contributed by atoms with Crippen LogP contribution in [0, 0.1) is 6.92 Å². The molecule has 0 spiro atoms. The number of hydrogen-bond donors (Lipinski definition) is 1. The molecule has 28 heavy (non-hydrogen) atoms. The Labute approximate surface area is 165 Å². The van der Waals surface area contributed by atoms with Crippen LogP contribution in [0.3, 0.4) is 0 Å². The summed E-state index contributed by atoms with van der Waals surface area (Å²) in [7, 11) is 1.94. The second kappa shape index (κ2) is 7.05. The minimum Gasteiger partial charge on any atom is -0.482 e. The first kappa shape index (κ1) is 18.1. The number of halogens is 1. The first-order valence-corrected chi connectivity index (χ1v) is 9.01. The second-order valence-corrected chi connectivity index (χ2v) is 6.94. The molecule has 142 valence electrons. The first-order valence-electron chi connectivity index (χ1n) is 8.63. The number of fused-ring (bicyclic) bond motifs is 2. The molecule has 0 aliphatic carbocycles. The third kappa shape index (κ3) is 3.34. The zero-order valence-corrected chi connectivity index (χ0v) is 16.0. The smallest absolute Gasteiger partial charge is 0.336 e. The number of carbonyl (C=O) groups excluding carboxylic acids is 1. The van der Waals surface area contributed by atoms with Crippen molar-refractivity contribution in [2.75, 3.05) is 11.9 Å². The molecule has 7 heteroatoms. The van der Waals surface area contributed by atoms with Gasteiger partial charge in [0.05, 0.1) is 10.7 Å². The zero-order valence-electron chi connectivity index (χ0n) is 15.3. The predicted molar refractivity (Wildman–Crippen MR) is 109 cm³/mol. The van der Waals surface area contributed by atoms with E-state index in [-0.39, 0.29) is 18.3 Å². The van der Waals surface area contributed by atoms with Crippen LogP contribution in [-0.4, -0.2) is 17.1 Å². The number of aromatic nitrogens is 1. The predicted octanol–water partition coefficient (Wildman–Crippen LogP) is 4.26. The van der Waals surface area contributed by atoms with E-state index in [1.807, 2.05) is 42.1 Å². The molecule has 1 N–H and O–H groups in total. The first-order chi connectivity index (χ1) is 13.4. The van der Waals surface area contributed by atoms with Crippen LogP contribution < -0.4 is 15.7 Å². The van der Waals surface area contributed by atoms with E-state index in [4.69, 9.17) is 20.8 Å². The lowest BCUT2D eigenvalue weighted by Crippen LogP contribution is -2.20. The lowest BCUT2D eigenvalue weighted by atomic mass is 10.1. The molecule has 6 nitrogen and oxygen atoms in total. The van der Waals surface area contributed by atoms with Crippen LogP contribution >= 0.6 is 11.6 Å². The van der Waals surface area contributed by atoms with Gasteiger partial charge in [-0.05, 0) is 36.8 Å². The number of hydrogen-bond acceptors (Lipinski definition) is 4. The Morgan fingerprint density at radius 1 is 1.21 bits per heavy atom. The number of aryl methyl sites for hydroxylation is 2. The summed E-state index contributed by atoms with van der Waals surface area (Å²) in [6.45, 7) is 1.57. The Morgan fingerprint density at radius 3 is 2.86 bits per heavy atom. The largest absolute Gasteiger partial charge is 0.482 e. The highest BCUT2D eigenvalue weighted by Gasteiger charge is 2.12. The molecule has 0 saturated carbocycles. The fourth-order valence-corrected chi connectivity index (χ4v) is 3.39. The van der Waals surface area contributed by atoms with Crippen LogP contribution in [0.5, 0.6) is 5.75 Å². The molecule has 2 aromatic carbocycles. The Morgan fingerprint density at radius 2 is 2.04 bits per heavy atom. The van der Waals surface area contributed by atoms with Gasteiger partial charge in [0.15, 0.2) is 6.61 Å². The Hall–Kier alpha value is -3.25. The molecule has 4 aromatic rings. The summed E-state index contributed by atoms with van der Waals surface area (Å²) < 4.78 is 12.7. The van der Waals surface area contributed by atoms with Gasteiger partial charge < -0.3 is 19.0 Å². The number of ether oxygens (including phenoxy) is 1. The lowest BCUT2D eigenvalue weighted by molar-refractivity contribution is -0.118. The third-order valence-electron chi connectivity index (χ3n) is 4.56. The van der Waals surface area contributed by atoms with Gasteiger partial charge in [-0.1, -0.05) is 17.7 Å². The minimum absolute atomic E-state index is 0.232. The topological polar surface area (TPSA) is 73.5 Å². The summed E-state index contributed by atoms with van der Waals surface area (Å²) in [6, 6.07) is 12.2. The van der Waals surface area contributed by atoms with Gasteiger partial charge in [0.2, 0.25) is 0 Å². The van der Waals surface area contributed by atoms with E-state index in [1.165, 1.54) is 12.1 Å². The van der Waals surface area contributed by atoms with Gasteiger partial charge >= 0.3 is 5.63 Å². The average Bonchev–Trinajstić information content (AvgIpc) is 3.03. The summed E-state index contributed by atoms with van der Waals surface area (Å²) in [5, 5.41) is 4.85. The molecule has 0 fully saturated rings. The second-order valence-electron chi connectivity index (χ2n) is 6.53. The van der Waals surface area contributed by atoms with Crippen LogP contribution in [0.25, 0.3) is 21.9 Å². The molecule has 2 heterocycles. The number of anilines is 1. The maximum absolute atomic E-state index is 12.4. The van der Waals surface area contributed by atoms with Crippen molar-refractivity contribution in [3.05, 3.63) is 69.7 Å². The van der Waals surface area contributed by atoms with Crippen molar-refractivity contribution in [2.24, 2.45) is 7.05 Å². The molecule has 0 bridgehead atoms. The van der Waals surface area contributed by atoms with E-state index in [2.05, 4.69) is 5.32 Å². The van der Waals surface area contributed by atoms with Gasteiger partial charge in [-0.2, -0.15) is 0 Å². The van der Waals surface area contributed by atoms with Crippen molar-refractivity contribution < 1.29 is 13.9 Å². The van der Waals surface area contributed by atoms with Gasteiger partial charge in [-0.15, -0.1) is 0 Å². The summed E-state index contributed by atoms with van der Waals surface area (Å²) in [5.41, 5.74) is 2.39. The van der Waals surface area contributed by atoms with Crippen molar-refractivity contribution in [2.45, 2.75) is 6.92 Å². The number of nitrogens with one attached hydrogen (secondary N) is 1. The van der Waals surface area contributed by atoms with Crippen LogP contribution in [0.4, 0.5) is 5.69 Å². The third-order valence-corrected chi connectivity index (χ3v) is 4.86. The van der Waals surface area contributed by atoms with Gasteiger partial charge in [0, 0.05) is 41.7 Å². The van der Waals surface area contributed by atoms with E-state index in [0.29, 0.717) is 16.3 Å². The quantitative estimate of drug-likeness (QED) is 0.523. The van der Waals surface area contributed by atoms with Crippen LogP contribution in [0.2, 0.25) is 5.02 Å². The highest BCUT2D eigenvalue weighted by molar-refractivity contribution is 6.32. The van der Waals surface area contributed by atoms with Crippen LogP contribution in [0.1, 0.15) is 5.56 Å². The monoisotopic (exact) mass is 396 g/mol. The van der Waals surface area contributed by atoms with Crippen molar-refractivity contribution in [3.63, 3.8) is 0 Å². The number of amides is 1. The molecule has 0 unspecified atom stereocenters. The minimum atomic E-state index is -0.452. The molecular weight excluding hydrogens is 380 g/mol. The van der Waals surface area contributed by atoms with Gasteiger partial charge in [-0.25, -0.2) is 4.79 Å². The molecular formula is C21H17ClN2O4. The van der Waals surface area contributed by atoms with Gasteiger partial charge in [0.1, 0.15) is 11.3 Å². The van der Waals surface area contributed by atoms with Crippen LogP contribution in [-0.2, 0) is 11.8 Å². The van der Waals surface area contributed by atoms with Crippen LogP contribution in [0.15, 0.2) is 57.9 Å². The Bertz CT molecular complexity index is 1270. The number of nitrogens with zero attached hydrogens (tertiary/aromatic N) is 1. The maximum Gasteiger partial charge on any atom is 0.336 e. The summed E-state index contributed by atoms with van der Waals surface area (Å²) in [5.74, 6) is -0.0470. The molecule has 1 amide bonds. The lowest BCUT2D eigenvalue weighted by Gasteiger charge is -2.11. The number of benzene rings is 2. The van der Waals surface area contributed by atoms with Gasteiger partial charge in [-0.3, -0.25) is 4.79 Å². The molecule has 0 radical (unpaired) electrons. The fourth-order valence-electron chi connectivity index (χ4n) is 3.17. The molecule has 4 rings (SSSR count). The highest BCUT2D eigenvalue weighted by Crippen LogP contribution is 2.31. The van der Waals surface area contributed by atoms with E-state index in [9.17, 15) is 9.59 Å². The molecule has 0 aliphatic rings. The normalized spacial score (nSPS) is 11.1. The van der Waals surface area contributed by atoms with Gasteiger partial charge in [0.25, 0.3) is 5.91 Å². The van der Waals surface area contributed by atoms with Crippen molar-refractivity contribution >= 4 is 45.1 Å². The van der Waals surface area contributed by atoms with Crippen molar-refractivity contribution in [3.8, 4) is 5.75 Å².